The molecule has 2 aromatic rings. The predicted molar refractivity (Wildman–Crippen MR) is 75.0 cm³/mol. The molecule has 0 heterocycles. The van der Waals surface area contributed by atoms with E-state index in [0.717, 1.165) is 6.42 Å². The molecule has 2 heteroatoms. The van der Waals surface area contributed by atoms with E-state index in [2.05, 4.69) is 32.0 Å². The molecule has 0 atom stereocenters. The van der Waals surface area contributed by atoms with Crippen LogP contribution in [0.4, 0.5) is 4.39 Å². The number of aryl methyl sites for hydroxylation is 3. The summed E-state index contributed by atoms with van der Waals surface area (Å²) in [6.07, 6.45) is 1.17. The molecule has 0 aliphatic rings. The molecule has 0 spiro atoms. The van der Waals surface area contributed by atoms with E-state index in [0.29, 0.717) is 12.0 Å². The molecule has 19 heavy (non-hydrogen) atoms. The van der Waals surface area contributed by atoms with Gasteiger partial charge in [-0.3, -0.25) is 4.79 Å². The van der Waals surface area contributed by atoms with Crippen molar-refractivity contribution in [3.63, 3.8) is 0 Å². The molecule has 0 amide bonds. The maximum atomic E-state index is 12.8. The van der Waals surface area contributed by atoms with Gasteiger partial charge in [0.2, 0.25) is 0 Å². The highest BCUT2D eigenvalue weighted by Gasteiger charge is 2.06. The lowest BCUT2D eigenvalue weighted by molar-refractivity contribution is 0.0983. The minimum absolute atomic E-state index is 0.0539. The number of hydrogen-bond acceptors (Lipinski definition) is 1. The first-order chi connectivity index (χ1) is 9.06. The average Bonchev–Trinajstić information content (AvgIpc) is 2.40. The van der Waals surface area contributed by atoms with Crippen LogP contribution in [0.1, 0.15) is 33.5 Å². The number of rotatable bonds is 4. The lowest BCUT2D eigenvalue weighted by Gasteiger charge is -2.05. The van der Waals surface area contributed by atoms with Crippen LogP contribution in [0, 0.1) is 19.7 Å². The Morgan fingerprint density at radius 2 is 1.68 bits per heavy atom. The number of hydrogen-bond donors (Lipinski definition) is 0. The largest absolute Gasteiger partial charge is 0.294 e. The SMILES string of the molecule is Cc1ccc(CCC(=O)c2ccc(F)cc2)cc1C. The van der Waals surface area contributed by atoms with Crippen molar-refractivity contribution in [1.29, 1.82) is 0 Å². The maximum absolute atomic E-state index is 12.8. The van der Waals surface area contributed by atoms with E-state index < -0.39 is 0 Å². The van der Waals surface area contributed by atoms with E-state index in [9.17, 15) is 9.18 Å². The summed E-state index contributed by atoms with van der Waals surface area (Å²) in [7, 11) is 0. The second-order valence-electron chi connectivity index (χ2n) is 4.85. The van der Waals surface area contributed by atoms with Gasteiger partial charge in [-0.2, -0.15) is 0 Å². The molecule has 2 rings (SSSR count). The molecule has 0 aromatic heterocycles. The number of benzene rings is 2. The highest BCUT2D eigenvalue weighted by atomic mass is 19.1. The Morgan fingerprint density at radius 1 is 1.00 bits per heavy atom. The van der Waals surface area contributed by atoms with Crippen LogP contribution < -0.4 is 0 Å². The molecule has 0 saturated carbocycles. The number of carbonyl (C=O) groups is 1. The van der Waals surface area contributed by atoms with Crippen LogP contribution in [0.25, 0.3) is 0 Å². The molecule has 98 valence electrons. The summed E-state index contributed by atoms with van der Waals surface area (Å²) in [5.74, 6) is -0.260. The molecule has 0 radical (unpaired) electrons. The Bertz CT molecular complexity index is 585. The summed E-state index contributed by atoms with van der Waals surface area (Å²) in [6, 6.07) is 12.0. The zero-order valence-electron chi connectivity index (χ0n) is 11.2. The third-order valence-electron chi connectivity index (χ3n) is 3.38. The van der Waals surface area contributed by atoms with Crippen LogP contribution in [0.2, 0.25) is 0 Å². The third kappa shape index (κ3) is 3.50. The Labute approximate surface area is 113 Å². The van der Waals surface area contributed by atoms with Crippen molar-refractivity contribution in [3.8, 4) is 0 Å². The van der Waals surface area contributed by atoms with Crippen molar-refractivity contribution in [2.24, 2.45) is 0 Å². The Kier molecular flexibility index (Phi) is 4.10. The number of ketones is 1. The van der Waals surface area contributed by atoms with Crippen LogP contribution in [0.15, 0.2) is 42.5 Å². The van der Waals surface area contributed by atoms with Gasteiger partial charge in [0, 0.05) is 12.0 Å². The number of Topliss-reactive ketones (excluding diaryl/α,β-unsaturated/α-hetero) is 1. The molecular formula is C17H17FO. The first-order valence-corrected chi connectivity index (χ1v) is 6.41. The Morgan fingerprint density at radius 3 is 2.32 bits per heavy atom. The summed E-state index contributed by atoms with van der Waals surface area (Å²) < 4.78 is 12.8. The van der Waals surface area contributed by atoms with Gasteiger partial charge in [0.25, 0.3) is 0 Å². The Hall–Kier alpha value is -1.96. The molecule has 0 aliphatic heterocycles. The van der Waals surface area contributed by atoms with E-state index in [4.69, 9.17) is 0 Å². The second kappa shape index (κ2) is 5.79. The summed E-state index contributed by atoms with van der Waals surface area (Å²) >= 11 is 0. The van der Waals surface area contributed by atoms with Crippen molar-refractivity contribution in [3.05, 3.63) is 70.5 Å². The van der Waals surface area contributed by atoms with Crippen LogP contribution >= 0.6 is 0 Å². The second-order valence-corrected chi connectivity index (χ2v) is 4.85. The van der Waals surface area contributed by atoms with Crippen LogP contribution in [-0.4, -0.2) is 5.78 Å². The van der Waals surface area contributed by atoms with E-state index in [1.807, 2.05) is 0 Å². The summed E-state index contributed by atoms with van der Waals surface area (Å²) in [4.78, 5) is 12.0. The highest BCUT2D eigenvalue weighted by molar-refractivity contribution is 5.96. The summed E-state index contributed by atoms with van der Waals surface area (Å²) in [6.45, 7) is 4.14. The normalized spacial score (nSPS) is 10.5. The third-order valence-corrected chi connectivity index (χ3v) is 3.38. The van der Waals surface area contributed by atoms with Crippen LogP contribution in [0.3, 0.4) is 0 Å². The molecule has 0 bridgehead atoms. The monoisotopic (exact) mass is 256 g/mol. The van der Waals surface area contributed by atoms with Crippen molar-refractivity contribution < 1.29 is 9.18 Å². The molecule has 0 unspecified atom stereocenters. The lowest BCUT2D eigenvalue weighted by atomic mass is 10.00. The zero-order valence-corrected chi connectivity index (χ0v) is 11.2. The topological polar surface area (TPSA) is 17.1 Å². The molecule has 2 aromatic carbocycles. The number of carbonyl (C=O) groups excluding carboxylic acids is 1. The van der Waals surface area contributed by atoms with E-state index in [-0.39, 0.29) is 11.6 Å². The van der Waals surface area contributed by atoms with Gasteiger partial charge in [0.05, 0.1) is 0 Å². The molecule has 0 fully saturated rings. The fraction of sp³-hybridized carbons (Fsp3) is 0.235. The van der Waals surface area contributed by atoms with Gasteiger partial charge >= 0.3 is 0 Å². The molecule has 1 nitrogen and oxygen atoms in total. The van der Waals surface area contributed by atoms with Gasteiger partial charge in [0.15, 0.2) is 5.78 Å². The first kappa shape index (κ1) is 13.5. The summed E-state index contributed by atoms with van der Waals surface area (Å²) in [5.41, 5.74) is 4.24. The maximum Gasteiger partial charge on any atom is 0.163 e. The van der Waals surface area contributed by atoms with Gasteiger partial charge in [-0.15, -0.1) is 0 Å². The Balaban J connectivity index is 2.00. The van der Waals surface area contributed by atoms with Crippen molar-refractivity contribution in [2.75, 3.05) is 0 Å². The minimum atomic E-state index is -0.314. The lowest BCUT2D eigenvalue weighted by Crippen LogP contribution is -2.01. The molecule has 0 aliphatic carbocycles. The van der Waals surface area contributed by atoms with Crippen molar-refractivity contribution in [2.45, 2.75) is 26.7 Å². The minimum Gasteiger partial charge on any atom is -0.294 e. The van der Waals surface area contributed by atoms with Gasteiger partial charge < -0.3 is 0 Å². The standard InChI is InChI=1S/C17H17FO/c1-12-3-4-14(11-13(12)2)5-10-17(19)15-6-8-16(18)9-7-15/h3-4,6-9,11H,5,10H2,1-2H3. The van der Waals surface area contributed by atoms with Gasteiger partial charge in [-0.25, -0.2) is 4.39 Å². The van der Waals surface area contributed by atoms with Gasteiger partial charge in [0.1, 0.15) is 5.82 Å². The summed E-state index contributed by atoms with van der Waals surface area (Å²) in [5, 5.41) is 0. The van der Waals surface area contributed by atoms with Crippen molar-refractivity contribution >= 4 is 5.78 Å². The smallest absolute Gasteiger partial charge is 0.163 e. The van der Waals surface area contributed by atoms with Gasteiger partial charge in [-0.05, 0) is 61.2 Å². The van der Waals surface area contributed by atoms with Crippen molar-refractivity contribution in [1.82, 2.24) is 0 Å². The van der Waals surface area contributed by atoms with Crippen LogP contribution in [-0.2, 0) is 6.42 Å². The van der Waals surface area contributed by atoms with E-state index in [1.54, 1.807) is 0 Å². The molecular weight excluding hydrogens is 239 g/mol. The number of halogens is 1. The average molecular weight is 256 g/mol. The van der Waals surface area contributed by atoms with Gasteiger partial charge in [-0.1, -0.05) is 18.2 Å². The fourth-order valence-corrected chi connectivity index (χ4v) is 2.00. The first-order valence-electron chi connectivity index (χ1n) is 6.41. The predicted octanol–water partition coefficient (Wildman–Crippen LogP) is 4.26. The molecule has 0 N–H and O–H groups in total. The quantitative estimate of drug-likeness (QED) is 0.747. The van der Waals surface area contributed by atoms with E-state index in [1.165, 1.54) is 41.0 Å². The fourth-order valence-electron chi connectivity index (χ4n) is 2.00. The molecule has 0 saturated heterocycles. The van der Waals surface area contributed by atoms with E-state index >= 15 is 0 Å². The highest BCUT2D eigenvalue weighted by Crippen LogP contribution is 2.13. The van der Waals surface area contributed by atoms with Crippen LogP contribution in [0.5, 0.6) is 0 Å². The zero-order chi connectivity index (χ0) is 13.8.